The Morgan fingerprint density at radius 3 is 2.58 bits per heavy atom. The first-order valence-corrected chi connectivity index (χ1v) is 9.59. The van der Waals surface area contributed by atoms with E-state index in [9.17, 15) is 13.2 Å². The van der Waals surface area contributed by atoms with Gasteiger partial charge in [-0.15, -0.1) is 0 Å². The fourth-order valence-electron chi connectivity index (χ4n) is 2.55. The van der Waals surface area contributed by atoms with Crippen LogP contribution in [0, 0.1) is 6.92 Å². The first kappa shape index (κ1) is 18.7. The summed E-state index contributed by atoms with van der Waals surface area (Å²) in [6.45, 7) is 2.98. The Bertz CT molecular complexity index is 674. The van der Waals surface area contributed by atoms with Gasteiger partial charge in [0.2, 0.25) is 15.9 Å². The van der Waals surface area contributed by atoms with E-state index in [-0.39, 0.29) is 12.5 Å². The van der Waals surface area contributed by atoms with Crippen LogP contribution in [0.1, 0.15) is 12.0 Å². The number of hydrogen-bond donors (Lipinski definition) is 1. The molecule has 1 aromatic rings. The molecule has 134 valence electrons. The number of carbonyl (C=O) groups excluding carboxylic acids is 1. The van der Waals surface area contributed by atoms with Crippen molar-refractivity contribution in [1.82, 2.24) is 9.62 Å². The Morgan fingerprint density at radius 2 is 2.00 bits per heavy atom. The Balaban J connectivity index is 1.91. The number of rotatable bonds is 7. The van der Waals surface area contributed by atoms with E-state index < -0.39 is 15.6 Å². The summed E-state index contributed by atoms with van der Waals surface area (Å²) < 4.78 is 35.8. The number of benzene rings is 1. The van der Waals surface area contributed by atoms with Crippen molar-refractivity contribution in [3.8, 4) is 5.75 Å². The first-order chi connectivity index (χ1) is 11.2. The van der Waals surface area contributed by atoms with E-state index in [0.29, 0.717) is 26.1 Å². The van der Waals surface area contributed by atoms with E-state index in [1.807, 2.05) is 31.2 Å². The van der Waals surface area contributed by atoms with Crippen molar-refractivity contribution in [1.29, 1.82) is 0 Å². The lowest BCUT2D eigenvalue weighted by atomic mass is 10.0. The number of amides is 1. The maximum absolute atomic E-state index is 12.1. The first-order valence-electron chi connectivity index (χ1n) is 7.70. The zero-order valence-corrected chi connectivity index (χ0v) is 15.1. The molecule has 1 amide bonds. The molecule has 0 saturated carbocycles. The van der Waals surface area contributed by atoms with E-state index in [4.69, 9.17) is 9.47 Å². The summed E-state index contributed by atoms with van der Waals surface area (Å²) in [5.74, 6) is 0.482. The van der Waals surface area contributed by atoms with Crippen molar-refractivity contribution in [2.24, 2.45) is 0 Å². The van der Waals surface area contributed by atoms with Crippen LogP contribution in [0.3, 0.4) is 0 Å². The van der Waals surface area contributed by atoms with Crippen LogP contribution < -0.4 is 9.46 Å². The lowest BCUT2D eigenvalue weighted by Gasteiger charge is -2.28. The molecular weight excluding hydrogens is 332 g/mol. The molecule has 0 radical (unpaired) electrons. The monoisotopic (exact) mass is 356 g/mol. The SMILES string of the molecule is CO[C@]1(COc2ccc(C)cc2)CCN(C(=O)CNS(C)(=O)=O)C1. The molecule has 1 aromatic carbocycles. The van der Waals surface area contributed by atoms with Crippen LogP contribution in [0.2, 0.25) is 0 Å². The second-order valence-corrected chi connectivity index (χ2v) is 7.98. The highest BCUT2D eigenvalue weighted by molar-refractivity contribution is 7.88. The number of nitrogens with zero attached hydrogens (tertiary/aromatic N) is 1. The minimum atomic E-state index is -3.39. The van der Waals surface area contributed by atoms with Gasteiger partial charge in [0, 0.05) is 13.7 Å². The summed E-state index contributed by atoms with van der Waals surface area (Å²) in [5.41, 5.74) is 0.575. The summed E-state index contributed by atoms with van der Waals surface area (Å²) >= 11 is 0. The van der Waals surface area contributed by atoms with E-state index >= 15 is 0 Å². The van der Waals surface area contributed by atoms with Crippen molar-refractivity contribution in [3.63, 3.8) is 0 Å². The maximum atomic E-state index is 12.1. The van der Waals surface area contributed by atoms with Gasteiger partial charge in [-0.2, -0.15) is 0 Å². The van der Waals surface area contributed by atoms with Gasteiger partial charge >= 0.3 is 0 Å². The molecule has 0 bridgehead atoms. The van der Waals surface area contributed by atoms with Gasteiger partial charge in [-0.25, -0.2) is 13.1 Å². The van der Waals surface area contributed by atoms with E-state index in [1.165, 1.54) is 0 Å². The van der Waals surface area contributed by atoms with Crippen molar-refractivity contribution in [2.75, 3.05) is 39.6 Å². The Morgan fingerprint density at radius 1 is 1.33 bits per heavy atom. The topological polar surface area (TPSA) is 84.9 Å². The summed E-state index contributed by atoms with van der Waals surface area (Å²) in [5, 5.41) is 0. The van der Waals surface area contributed by atoms with Gasteiger partial charge in [0.05, 0.1) is 19.3 Å². The van der Waals surface area contributed by atoms with Crippen molar-refractivity contribution in [2.45, 2.75) is 18.9 Å². The largest absolute Gasteiger partial charge is 0.491 e. The van der Waals surface area contributed by atoms with Crippen molar-refractivity contribution >= 4 is 15.9 Å². The smallest absolute Gasteiger partial charge is 0.237 e. The predicted octanol–water partition coefficient (Wildman–Crippen LogP) is 0.541. The molecule has 24 heavy (non-hydrogen) atoms. The molecule has 0 aliphatic carbocycles. The summed E-state index contributed by atoms with van der Waals surface area (Å²) in [6, 6.07) is 7.73. The fourth-order valence-corrected chi connectivity index (χ4v) is 2.94. The van der Waals surface area contributed by atoms with Crippen LogP contribution in [-0.2, 0) is 19.6 Å². The zero-order valence-electron chi connectivity index (χ0n) is 14.2. The van der Waals surface area contributed by atoms with Crippen LogP contribution in [0.5, 0.6) is 5.75 Å². The van der Waals surface area contributed by atoms with Crippen LogP contribution in [0.25, 0.3) is 0 Å². The fraction of sp³-hybridized carbons (Fsp3) is 0.562. The van der Waals surface area contributed by atoms with Gasteiger partial charge in [0.1, 0.15) is 18.0 Å². The van der Waals surface area contributed by atoms with Gasteiger partial charge in [-0.05, 0) is 25.5 Å². The molecule has 2 rings (SSSR count). The number of sulfonamides is 1. The number of methoxy groups -OCH3 is 1. The molecule has 1 saturated heterocycles. The third kappa shape index (κ3) is 5.19. The highest BCUT2D eigenvalue weighted by Crippen LogP contribution is 2.26. The van der Waals surface area contributed by atoms with E-state index in [1.54, 1.807) is 12.0 Å². The minimum Gasteiger partial charge on any atom is -0.491 e. The molecular formula is C16H24N2O5S. The second-order valence-electron chi connectivity index (χ2n) is 6.15. The summed E-state index contributed by atoms with van der Waals surface area (Å²) in [4.78, 5) is 13.7. The third-order valence-electron chi connectivity index (χ3n) is 4.11. The molecule has 1 atom stereocenters. The van der Waals surface area contributed by atoms with Gasteiger partial charge < -0.3 is 14.4 Å². The van der Waals surface area contributed by atoms with E-state index in [0.717, 1.165) is 17.6 Å². The Labute approximate surface area is 143 Å². The Hall–Kier alpha value is -1.64. The summed E-state index contributed by atoms with van der Waals surface area (Å²) in [6.07, 6.45) is 1.67. The molecule has 1 fully saturated rings. The predicted molar refractivity (Wildman–Crippen MR) is 90.5 cm³/mol. The standard InChI is InChI=1S/C16H24N2O5S/c1-13-4-6-14(7-5-13)23-12-16(22-2)8-9-18(11-16)15(19)10-17-24(3,20)21/h4-7,17H,8-12H2,1-3H3/t16-/m1/s1. The quantitative estimate of drug-likeness (QED) is 0.771. The van der Waals surface area contributed by atoms with Gasteiger partial charge in [0.25, 0.3) is 0 Å². The number of carbonyl (C=O) groups is 1. The average molecular weight is 356 g/mol. The molecule has 0 spiro atoms. The summed E-state index contributed by atoms with van der Waals surface area (Å²) in [7, 11) is -1.79. The lowest BCUT2D eigenvalue weighted by Crippen LogP contribution is -2.44. The average Bonchev–Trinajstić information content (AvgIpc) is 2.97. The maximum Gasteiger partial charge on any atom is 0.237 e. The highest BCUT2D eigenvalue weighted by atomic mass is 32.2. The zero-order chi connectivity index (χ0) is 17.8. The van der Waals surface area contributed by atoms with Crippen LogP contribution in [0.4, 0.5) is 0 Å². The van der Waals surface area contributed by atoms with Crippen molar-refractivity contribution < 1.29 is 22.7 Å². The van der Waals surface area contributed by atoms with Crippen LogP contribution in [0.15, 0.2) is 24.3 Å². The van der Waals surface area contributed by atoms with Gasteiger partial charge in [-0.3, -0.25) is 4.79 Å². The van der Waals surface area contributed by atoms with Crippen LogP contribution >= 0.6 is 0 Å². The molecule has 0 aromatic heterocycles. The molecule has 0 unspecified atom stereocenters. The molecule has 1 heterocycles. The Kier molecular flexibility index (Phi) is 5.84. The normalized spacial score (nSPS) is 21.0. The molecule has 1 N–H and O–H groups in total. The number of ether oxygens (including phenoxy) is 2. The van der Waals surface area contributed by atoms with Crippen molar-refractivity contribution in [3.05, 3.63) is 29.8 Å². The van der Waals surface area contributed by atoms with Crippen LogP contribution in [-0.4, -0.2) is 64.4 Å². The minimum absolute atomic E-state index is 0.239. The lowest BCUT2D eigenvalue weighted by molar-refractivity contribution is -0.130. The molecule has 7 nitrogen and oxygen atoms in total. The third-order valence-corrected chi connectivity index (χ3v) is 4.78. The highest BCUT2D eigenvalue weighted by Gasteiger charge is 2.41. The van der Waals surface area contributed by atoms with Gasteiger partial charge in [-0.1, -0.05) is 17.7 Å². The second kappa shape index (κ2) is 7.50. The molecule has 8 heteroatoms. The van der Waals surface area contributed by atoms with E-state index in [2.05, 4.69) is 4.72 Å². The number of likely N-dealkylation sites (tertiary alicyclic amines) is 1. The number of nitrogens with one attached hydrogen (secondary N) is 1. The molecule has 1 aliphatic heterocycles. The number of hydrogen-bond acceptors (Lipinski definition) is 5. The number of aryl methyl sites for hydroxylation is 1. The molecule has 1 aliphatic rings. The van der Waals surface area contributed by atoms with Gasteiger partial charge in [0.15, 0.2) is 0 Å².